The molecule has 3 fully saturated rings. The third kappa shape index (κ3) is 1.69. The minimum absolute atomic E-state index is 0.0260. The lowest BCUT2D eigenvalue weighted by atomic mass is 9.54. The summed E-state index contributed by atoms with van der Waals surface area (Å²) >= 11 is 0. The van der Waals surface area contributed by atoms with Gasteiger partial charge in [-0.15, -0.1) is 0 Å². The Morgan fingerprint density at radius 3 is 2.79 bits per heavy atom. The second kappa shape index (κ2) is 3.83. The summed E-state index contributed by atoms with van der Waals surface area (Å²) in [6, 6.07) is 0. The zero-order valence-electron chi connectivity index (χ0n) is 11.6. The average Bonchev–Trinajstić information content (AvgIpc) is 2.53. The van der Waals surface area contributed by atoms with Gasteiger partial charge in [-0.3, -0.25) is 0 Å². The first-order valence-corrected chi connectivity index (χ1v) is 7.06. The average molecular weight is 266 g/mol. The van der Waals surface area contributed by atoms with Crippen LogP contribution in [0, 0.1) is 17.3 Å². The van der Waals surface area contributed by atoms with Gasteiger partial charge in [0.2, 0.25) is 0 Å². The maximum atomic E-state index is 11.8. The van der Waals surface area contributed by atoms with E-state index in [-0.39, 0.29) is 23.4 Å². The van der Waals surface area contributed by atoms with Crippen molar-refractivity contribution in [3.05, 3.63) is 12.2 Å². The summed E-state index contributed by atoms with van der Waals surface area (Å²) < 4.78 is 5.38. The highest BCUT2D eigenvalue weighted by molar-refractivity contribution is 5.81. The van der Waals surface area contributed by atoms with Crippen molar-refractivity contribution in [1.29, 1.82) is 0 Å². The number of aliphatic hydroxyl groups is 2. The summed E-state index contributed by atoms with van der Waals surface area (Å²) in [6.07, 6.45) is 2.45. The van der Waals surface area contributed by atoms with Crippen LogP contribution < -0.4 is 0 Å². The third-order valence-corrected chi connectivity index (χ3v) is 5.71. The van der Waals surface area contributed by atoms with Gasteiger partial charge in [0.25, 0.3) is 0 Å². The van der Waals surface area contributed by atoms with Gasteiger partial charge in [-0.2, -0.15) is 0 Å². The fraction of sp³-hybridized carbons (Fsp3) is 0.800. The second-order valence-electron chi connectivity index (χ2n) is 6.97. The summed E-state index contributed by atoms with van der Waals surface area (Å²) in [5, 5.41) is 20.3. The molecule has 0 amide bonds. The van der Waals surface area contributed by atoms with Crippen LogP contribution in [0.15, 0.2) is 12.2 Å². The van der Waals surface area contributed by atoms with Crippen molar-refractivity contribution < 1.29 is 19.7 Å². The first kappa shape index (κ1) is 13.1. The standard InChI is InChI=1S/C15H22O4/c1-8-9-6-10-12(19-13(17)15(10,3)18)7-14(9,2)5-4-11(8)16/h9-12,16,18H,1,4-7H2,2-3H3/t9-,10-,11+,12+,14+,15+/m0/s1. The summed E-state index contributed by atoms with van der Waals surface area (Å²) in [5.74, 6) is -0.519. The minimum atomic E-state index is -1.39. The number of fused-ring (bicyclic) bond motifs is 2. The van der Waals surface area contributed by atoms with Crippen LogP contribution >= 0.6 is 0 Å². The fourth-order valence-electron chi connectivity index (χ4n) is 4.32. The van der Waals surface area contributed by atoms with Crippen LogP contribution in [0.3, 0.4) is 0 Å². The Bertz CT molecular complexity index is 441. The number of carbonyl (C=O) groups is 1. The Balaban J connectivity index is 1.93. The van der Waals surface area contributed by atoms with Gasteiger partial charge < -0.3 is 14.9 Å². The molecule has 19 heavy (non-hydrogen) atoms. The summed E-state index contributed by atoms with van der Waals surface area (Å²) in [7, 11) is 0. The highest BCUT2D eigenvalue weighted by Crippen LogP contribution is 2.57. The predicted molar refractivity (Wildman–Crippen MR) is 69.2 cm³/mol. The molecule has 0 aromatic rings. The van der Waals surface area contributed by atoms with E-state index >= 15 is 0 Å². The molecule has 6 atom stereocenters. The molecule has 3 rings (SSSR count). The first-order valence-electron chi connectivity index (χ1n) is 7.06. The van der Waals surface area contributed by atoms with E-state index in [1.54, 1.807) is 6.92 Å². The van der Waals surface area contributed by atoms with Gasteiger partial charge in [-0.25, -0.2) is 4.79 Å². The van der Waals surface area contributed by atoms with Crippen molar-refractivity contribution in [3.8, 4) is 0 Å². The Hall–Kier alpha value is -0.870. The highest BCUT2D eigenvalue weighted by Gasteiger charge is 2.60. The third-order valence-electron chi connectivity index (χ3n) is 5.71. The molecule has 2 aliphatic carbocycles. The van der Waals surface area contributed by atoms with E-state index in [0.29, 0.717) is 6.42 Å². The van der Waals surface area contributed by atoms with E-state index in [4.69, 9.17) is 4.74 Å². The molecule has 0 aromatic carbocycles. The number of hydrogen-bond acceptors (Lipinski definition) is 4. The molecule has 0 radical (unpaired) electrons. The van der Waals surface area contributed by atoms with Crippen molar-refractivity contribution in [3.63, 3.8) is 0 Å². The molecule has 1 aliphatic heterocycles. The molecule has 0 spiro atoms. The lowest BCUT2D eigenvalue weighted by Crippen LogP contribution is -2.50. The molecule has 2 N–H and O–H groups in total. The first-order chi connectivity index (χ1) is 8.75. The number of carbonyl (C=O) groups excluding carboxylic acids is 1. The van der Waals surface area contributed by atoms with Crippen molar-refractivity contribution in [2.45, 2.75) is 57.3 Å². The highest BCUT2D eigenvalue weighted by atomic mass is 16.6. The summed E-state index contributed by atoms with van der Waals surface area (Å²) in [5.41, 5.74) is -0.505. The van der Waals surface area contributed by atoms with Crippen LogP contribution in [0.25, 0.3) is 0 Å². The lowest BCUT2D eigenvalue weighted by molar-refractivity contribution is -0.154. The SMILES string of the molecule is C=C1[C@H](O)CC[C@]2(C)C[C@H]3OC(=O)[C@](C)(O)[C@H]3C[C@@H]12. The number of rotatable bonds is 0. The van der Waals surface area contributed by atoms with Crippen LogP contribution in [0.5, 0.6) is 0 Å². The Kier molecular flexibility index (Phi) is 2.64. The maximum Gasteiger partial charge on any atom is 0.338 e. The molecule has 3 aliphatic rings. The van der Waals surface area contributed by atoms with Gasteiger partial charge in [0.05, 0.1) is 6.10 Å². The van der Waals surface area contributed by atoms with Gasteiger partial charge in [-0.05, 0) is 49.5 Å². The molecule has 106 valence electrons. The van der Waals surface area contributed by atoms with E-state index in [2.05, 4.69) is 13.5 Å². The summed E-state index contributed by atoms with van der Waals surface area (Å²) in [4.78, 5) is 11.8. The van der Waals surface area contributed by atoms with Crippen LogP contribution in [-0.2, 0) is 9.53 Å². The molecule has 1 heterocycles. The smallest absolute Gasteiger partial charge is 0.338 e. The van der Waals surface area contributed by atoms with E-state index < -0.39 is 17.7 Å². The lowest BCUT2D eigenvalue weighted by Gasteiger charge is -2.51. The zero-order chi connectivity index (χ0) is 14.0. The molecule has 0 unspecified atom stereocenters. The predicted octanol–water partition coefficient (Wildman–Crippen LogP) is 1.41. The molecular weight excluding hydrogens is 244 g/mol. The molecule has 0 bridgehead atoms. The van der Waals surface area contributed by atoms with E-state index in [9.17, 15) is 15.0 Å². The van der Waals surface area contributed by atoms with Crippen molar-refractivity contribution in [2.24, 2.45) is 17.3 Å². The normalized spacial score (nSPS) is 53.5. The largest absolute Gasteiger partial charge is 0.460 e. The fourth-order valence-corrected chi connectivity index (χ4v) is 4.32. The van der Waals surface area contributed by atoms with Gasteiger partial charge in [0.1, 0.15) is 6.10 Å². The molecule has 2 saturated carbocycles. The molecule has 4 heteroatoms. The molecule has 0 aromatic heterocycles. The van der Waals surface area contributed by atoms with Gasteiger partial charge in [0, 0.05) is 5.92 Å². The number of aliphatic hydroxyl groups excluding tert-OH is 1. The molecule has 4 nitrogen and oxygen atoms in total. The zero-order valence-corrected chi connectivity index (χ0v) is 11.6. The molecular formula is C15H22O4. The van der Waals surface area contributed by atoms with Crippen molar-refractivity contribution >= 4 is 5.97 Å². The topological polar surface area (TPSA) is 66.8 Å². The van der Waals surface area contributed by atoms with Crippen LogP contribution in [0.1, 0.15) is 39.5 Å². The van der Waals surface area contributed by atoms with E-state index in [1.807, 2.05) is 0 Å². The van der Waals surface area contributed by atoms with Crippen LogP contribution in [0.4, 0.5) is 0 Å². The van der Waals surface area contributed by atoms with Crippen LogP contribution in [-0.4, -0.2) is 34.0 Å². The molecule has 1 saturated heterocycles. The number of esters is 1. The minimum Gasteiger partial charge on any atom is -0.460 e. The number of ether oxygens (including phenoxy) is 1. The Labute approximate surface area is 113 Å². The number of hydrogen-bond donors (Lipinski definition) is 2. The van der Waals surface area contributed by atoms with Crippen molar-refractivity contribution in [1.82, 2.24) is 0 Å². The van der Waals surface area contributed by atoms with Crippen molar-refractivity contribution in [2.75, 3.05) is 0 Å². The second-order valence-corrected chi connectivity index (χ2v) is 6.97. The monoisotopic (exact) mass is 266 g/mol. The van der Waals surface area contributed by atoms with Gasteiger partial charge in [0.15, 0.2) is 5.60 Å². The Morgan fingerprint density at radius 1 is 1.42 bits per heavy atom. The quantitative estimate of drug-likeness (QED) is 0.514. The summed E-state index contributed by atoms with van der Waals surface area (Å²) in [6.45, 7) is 7.78. The van der Waals surface area contributed by atoms with E-state index in [0.717, 1.165) is 24.8 Å². The maximum absolute atomic E-state index is 11.8. The van der Waals surface area contributed by atoms with Gasteiger partial charge in [-0.1, -0.05) is 13.5 Å². The van der Waals surface area contributed by atoms with E-state index in [1.165, 1.54) is 0 Å². The van der Waals surface area contributed by atoms with Crippen LogP contribution in [0.2, 0.25) is 0 Å². The van der Waals surface area contributed by atoms with Gasteiger partial charge >= 0.3 is 5.97 Å². The Morgan fingerprint density at radius 2 is 2.11 bits per heavy atom.